The maximum Gasteiger partial charge on any atom is 0.294 e. The topological polar surface area (TPSA) is 80.4 Å². The molecule has 0 radical (unpaired) electrons. The van der Waals surface area contributed by atoms with Gasteiger partial charge in [0.25, 0.3) is 10.1 Å². The molecule has 2 aromatic rings. The van der Waals surface area contributed by atoms with Crippen LogP contribution in [0.5, 0.6) is 0 Å². The van der Waals surface area contributed by atoms with Gasteiger partial charge in [-0.2, -0.15) is 8.42 Å². The average molecular weight is 300 g/mol. The van der Waals surface area contributed by atoms with Crippen LogP contribution in [0.25, 0.3) is 0 Å². The second-order valence-electron chi connectivity index (χ2n) is 3.84. The van der Waals surface area contributed by atoms with Gasteiger partial charge in [0.1, 0.15) is 0 Å². The Kier molecular flexibility index (Phi) is 5.35. The molecule has 0 spiro atoms. The quantitative estimate of drug-likeness (QED) is 0.626. The Morgan fingerprint density at radius 1 is 1.00 bits per heavy atom. The molecule has 0 amide bonds. The highest BCUT2D eigenvalue weighted by atomic mass is 35.5. The summed E-state index contributed by atoms with van der Waals surface area (Å²) in [6, 6.07) is 13.0. The molecule has 0 aliphatic rings. The van der Waals surface area contributed by atoms with Gasteiger partial charge in [-0.25, -0.2) is 0 Å². The van der Waals surface area contributed by atoms with Gasteiger partial charge in [0.05, 0.1) is 4.90 Å². The minimum Gasteiger partial charge on any atom is -0.399 e. The molecule has 3 N–H and O–H groups in total. The van der Waals surface area contributed by atoms with Gasteiger partial charge in [-0.1, -0.05) is 29.3 Å². The van der Waals surface area contributed by atoms with Gasteiger partial charge in [-0.15, -0.1) is 0 Å². The van der Waals surface area contributed by atoms with E-state index in [1.54, 1.807) is 36.4 Å². The molecular formula is C13H14ClNO3S. The first-order valence-electron chi connectivity index (χ1n) is 5.34. The Hall–Kier alpha value is -1.56. The first-order valence-corrected chi connectivity index (χ1v) is 7.16. The molecule has 0 aromatic heterocycles. The molecule has 2 rings (SSSR count). The number of hydrogen-bond donors (Lipinski definition) is 2. The Morgan fingerprint density at radius 2 is 1.47 bits per heavy atom. The normalized spacial score (nSPS) is 10.5. The minimum absolute atomic E-state index is 0.0666. The average Bonchev–Trinajstić information content (AvgIpc) is 2.33. The number of hydrogen-bond acceptors (Lipinski definition) is 3. The predicted molar refractivity (Wildman–Crippen MR) is 76.9 cm³/mol. The van der Waals surface area contributed by atoms with E-state index in [2.05, 4.69) is 0 Å². The molecule has 0 heterocycles. The fraction of sp³-hybridized carbons (Fsp3) is 0.0769. The van der Waals surface area contributed by atoms with E-state index in [1.807, 2.05) is 6.92 Å². The van der Waals surface area contributed by atoms with Crippen molar-refractivity contribution >= 4 is 27.4 Å². The van der Waals surface area contributed by atoms with E-state index in [-0.39, 0.29) is 4.90 Å². The van der Waals surface area contributed by atoms with Crippen molar-refractivity contribution in [3.63, 3.8) is 0 Å². The zero-order chi connectivity index (χ0) is 14.5. The fourth-order valence-electron chi connectivity index (χ4n) is 1.17. The first kappa shape index (κ1) is 15.5. The third kappa shape index (κ3) is 5.74. The molecule has 0 bridgehead atoms. The molecule has 0 aliphatic carbocycles. The zero-order valence-electron chi connectivity index (χ0n) is 10.2. The van der Waals surface area contributed by atoms with Gasteiger partial charge in [0.15, 0.2) is 0 Å². The van der Waals surface area contributed by atoms with Crippen molar-refractivity contribution in [3.05, 3.63) is 59.1 Å². The molecule has 0 fully saturated rings. The highest BCUT2D eigenvalue weighted by Crippen LogP contribution is 2.09. The molecule has 0 saturated carbocycles. The standard InChI is InChI=1S/C7H8O3S.C6H6ClN/c1-6-2-4-7(5-3-6)11(8,9)10;7-5-1-3-6(8)4-2-5/h2-5H,1H3,(H,8,9,10);1-4H,8H2. The molecule has 4 nitrogen and oxygen atoms in total. The van der Waals surface area contributed by atoms with Crippen molar-refractivity contribution in [2.75, 3.05) is 5.73 Å². The first-order chi connectivity index (χ1) is 8.79. The van der Waals surface area contributed by atoms with Crippen LogP contribution < -0.4 is 5.73 Å². The summed E-state index contributed by atoms with van der Waals surface area (Å²) in [6.07, 6.45) is 0. The highest BCUT2D eigenvalue weighted by molar-refractivity contribution is 7.85. The molecule has 19 heavy (non-hydrogen) atoms. The van der Waals surface area contributed by atoms with Crippen molar-refractivity contribution in [1.82, 2.24) is 0 Å². The van der Waals surface area contributed by atoms with Crippen molar-refractivity contribution in [2.45, 2.75) is 11.8 Å². The van der Waals surface area contributed by atoms with Crippen molar-refractivity contribution in [2.24, 2.45) is 0 Å². The number of nitrogen functional groups attached to an aromatic ring is 1. The van der Waals surface area contributed by atoms with Crippen LogP contribution in [-0.2, 0) is 10.1 Å². The van der Waals surface area contributed by atoms with Gasteiger partial charge in [0, 0.05) is 10.7 Å². The maximum atomic E-state index is 10.5. The monoisotopic (exact) mass is 299 g/mol. The van der Waals surface area contributed by atoms with Gasteiger partial charge in [0.2, 0.25) is 0 Å². The number of halogens is 1. The summed E-state index contributed by atoms with van der Waals surface area (Å²) in [6.45, 7) is 1.84. The number of aryl methyl sites for hydroxylation is 1. The summed E-state index contributed by atoms with van der Waals surface area (Å²) in [5.41, 5.74) is 7.07. The van der Waals surface area contributed by atoms with E-state index in [4.69, 9.17) is 21.9 Å². The molecule has 0 unspecified atom stereocenters. The van der Waals surface area contributed by atoms with E-state index in [9.17, 15) is 8.42 Å². The number of rotatable bonds is 1. The van der Waals surface area contributed by atoms with E-state index in [0.29, 0.717) is 0 Å². The van der Waals surface area contributed by atoms with Gasteiger partial charge in [-0.05, 0) is 43.3 Å². The Labute approximate surface area is 117 Å². The second-order valence-corrected chi connectivity index (χ2v) is 5.70. The predicted octanol–water partition coefficient (Wildman–Crippen LogP) is 3.16. The Balaban J connectivity index is 0.000000200. The molecular weight excluding hydrogens is 286 g/mol. The lowest BCUT2D eigenvalue weighted by Crippen LogP contribution is -1.96. The second kappa shape index (κ2) is 6.56. The summed E-state index contributed by atoms with van der Waals surface area (Å²) in [7, 11) is -4.02. The third-order valence-electron chi connectivity index (χ3n) is 2.19. The van der Waals surface area contributed by atoms with Gasteiger partial charge in [-0.3, -0.25) is 4.55 Å². The van der Waals surface area contributed by atoms with Crippen molar-refractivity contribution < 1.29 is 13.0 Å². The third-order valence-corrected chi connectivity index (χ3v) is 3.31. The summed E-state index contributed by atoms with van der Waals surface area (Å²) >= 11 is 5.56. The summed E-state index contributed by atoms with van der Waals surface area (Å²) < 4.78 is 29.6. The molecule has 0 aliphatic heterocycles. The molecule has 0 atom stereocenters. The Morgan fingerprint density at radius 3 is 1.84 bits per heavy atom. The number of benzene rings is 2. The largest absolute Gasteiger partial charge is 0.399 e. The van der Waals surface area contributed by atoms with Crippen molar-refractivity contribution in [1.29, 1.82) is 0 Å². The van der Waals surface area contributed by atoms with Crippen LogP contribution in [0.15, 0.2) is 53.4 Å². The number of nitrogens with two attached hydrogens (primary N) is 1. The van der Waals surface area contributed by atoms with Crippen LogP contribution in [0.4, 0.5) is 5.69 Å². The van der Waals surface area contributed by atoms with Crippen LogP contribution in [0.2, 0.25) is 5.02 Å². The van der Waals surface area contributed by atoms with Gasteiger partial charge >= 0.3 is 0 Å². The minimum atomic E-state index is -4.02. The van der Waals surface area contributed by atoms with E-state index in [0.717, 1.165) is 16.3 Å². The summed E-state index contributed by atoms with van der Waals surface area (Å²) in [5, 5.41) is 0.721. The summed E-state index contributed by atoms with van der Waals surface area (Å²) in [5.74, 6) is 0. The fourth-order valence-corrected chi connectivity index (χ4v) is 1.78. The van der Waals surface area contributed by atoms with Crippen LogP contribution >= 0.6 is 11.6 Å². The lowest BCUT2D eigenvalue weighted by Gasteiger charge is -1.95. The van der Waals surface area contributed by atoms with Crippen LogP contribution in [0.3, 0.4) is 0 Å². The van der Waals surface area contributed by atoms with E-state index >= 15 is 0 Å². The van der Waals surface area contributed by atoms with E-state index < -0.39 is 10.1 Å². The smallest absolute Gasteiger partial charge is 0.294 e. The zero-order valence-corrected chi connectivity index (χ0v) is 11.8. The van der Waals surface area contributed by atoms with E-state index in [1.165, 1.54) is 12.1 Å². The molecule has 0 saturated heterocycles. The lowest BCUT2D eigenvalue weighted by atomic mass is 10.2. The molecule has 6 heteroatoms. The lowest BCUT2D eigenvalue weighted by molar-refractivity contribution is 0.483. The molecule has 2 aromatic carbocycles. The van der Waals surface area contributed by atoms with Gasteiger partial charge < -0.3 is 5.73 Å². The van der Waals surface area contributed by atoms with Crippen LogP contribution in [-0.4, -0.2) is 13.0 Å². The number of anilines is 1. The highest BCUT2D eigenvalue weighted by Gasteiger charge is 2.06. The summed E-state index contributed by atoms with van der Waals surface area (Å²) in [4.78, 5) is -0.0666. The van der Waals surface area contributed by atoms with Crippen molar-refractivity contribution in [3.8, 4) is 0 Å². The van der Waals surface area contributed by atoms with Crippen LogP contribution in [0.1, 0.15) is 5.56 Å². The molecule has 102 valence electrons. The maximum absolute atomic E-state index is 10.5. The SMILES string of the molecule is Cc1ccc(S(=O)(=O)O)cc1.Nc1ccc(Cl)cc1. The van der Waals surface area contributed by atoms with Crippen LogP contribution in [0, 0.1) is 6.92 Å². The Bertz CT molecular complexity index is 601.